The third-order valence-corrected chi connectivity index (χ3v) is 6.88. The number of ether oxygens (including phenoxy) is 17. The largest absolute Gasteiger partial charge is 0.394 e. The molecule has 0 saturated heterocycles. The summed E-state index contributed by atoms with van der Waals surface area (Å²) in [5.74, 6) is 0. The lowest BCUT2D eigenvalue weighted by Crippen LogP contribution is -2.15. The minimum absolute atomic E-state index is 0.0218. The van der Waals surface area contributed by atoms with Gasteiger partial charge in [-0.05, 0) is 12.8 Å². The van der Waals surface area contributed by atoms with E-state index in [0.717, 1.165) is 12.8 Å². The van der Waals surface area contributed by atoms with Crippen LogP contribution in [0, 0.1) is 0 Å². The van der Waals surface area contributed by atoms with E-state index in [-0.39, 0.29) is 13.2 Å². The van der Waals surface area contributed by atoms with Crippen LogP contribution in [-0.4, -0.2) is 248 Å². The first-order valence-corrected chi connectivity index (χ1v) is 20.4. The molecule has 0 aromatic heterocycles. The summed E-state index contributed by atoms with van der Waals surface area (Å²) in [5, 5.41) is 17.2. The number of unbranched alkanes of at least 4 members (excludes halogenated alkanes) is 1. The average Bonchev–Trinajstić information content (AvgIpc) is 3.22. The smallest absolute Gasteiger partial charge is 0.0701 e. The Hall–Kier alpha value is -0.760. The fourth-order valence-corrected chi connectivity index (χ4v) is 4.04. The fourth-order valence-electron chi connectivity index (χ4n) is 4.04. The van der Waals surface area contributed by atoms with Crippen LogP contribution < -0.4 is 0 Å². The van der Waals surface area contributed by atoms with Crippen molar-refractivity contribution in [3.05, 3.63) is 0 Å². The summed E-state index contributed by atoms with van der Waals surface area (Å²) in [6, 6.07) is 0. The van der Waals surface area contributed by atoms with Gasteiger partial charge in [0.2, 0.25) is 0 Å². The molecule has 0 fully saturated rings. The Morgan fingerprint density at radius 1 is 0.140 bits per heavy atom. The van der Waals surface area contributed by atoms with Crippen molar-refractivity contribution < 1.29 is 90.7 Å². The van der Waals surface area contributed by atoms with Gasteiger partial charge < -0.3 is 90.7 Å². The number of hydrogen-bond donors (Lipinski definition) is 2. The molecule has 0 amide bonds. The van der Waals surface area contributed by atoms with Gasteiger partial charge in [-0.15, -0.1) is 0 Å². The highest BCUT2D eigenvalue weighted by atomic mass is 16.6. The molecule has 0 atom stereocenters. The normalized spacial score (nSPS) is 11.7. The molecule has 57 heavy (non-hydrogen) atoms. The van der Waals surface area contributed by atoms with Crippen molar-refractivity contribution in [3.8, 4) is 0 Å². The Morgan fingerprint density at radius 3 is 0.368 bits per heavy atom. The quantitative estimate of drug-likeness (QED) is 0.0778. The first-order chi connectivity index (χ1) is 28.4. The molecule has 0 heterocycles. The third kappa shape index (κ3) is 55.2. The van der Waals surface area contributed by atoms with Gasteiger partial charge in [-0.25, -0.2) is 0 Å². The highest BCUT2D eigenvalue weighted by molar-refractivity contribution is 4.42. The van der Waals surface area contributed by atoms with Crippen molar-refractivity contribution in [3.63, 3.8) is 0 Å². The van der Waals surface area contributed by atoms with Crippen molar-refractivity contribution in [2.45, 2.75) is 12.8 Å². The number of aliphatic hydroxyl groups is 2. The number of rotatable bonds is 54. The van der Waals surface area contributed by atoms with Gasteiger partial charge in [0.25, 0.3) is 0 Å². The van der Waals surface area contributed by atoms with E-state index in [4.69, 9.17) is 90.7 Å². The summed E-state index contributed by atoms with van der Waals surface area (Å²) >= 11 is 0. The van der Waals surface area contributed by atoms with E-state index in [9.17, 15) is 0 Å². The predicted octanol–water partition coefficient (Wildman–Crippen LogP) is 0.0334. The lowest BCUT2D eigenvalue weighted by molar-refractivity contribution is -0.0258. The van der Waals surface area contributed by atoms with Crippen LogP contribution >= 0.6 is 0 Å². The summed E-state index contributed by atoms with van der Waals surface area (Å²) < 4.78 is 92.2. The summed E-state index contributed by atoms with van der Waals surface area (Å²) in [5.41, 5.74) is 0. The van der Waals surface area contributed by atoms with E-state index in [1.165, 1.54) is 0 Å². The van der Waals surface area contributed by atoms with Crippen molar-refractivity contribution in [2.75, 3.05) is 238 Å². The maximum atomic E-state index is 8.59. The molecule has 0 radical (unpaired) electrons. The van der Waals surface area contributed by atoms with Gasteiger partial charge >= 0.3 is 0 Å². The zero-order chi connectivity index (χ0) is 40.9. The zero-order valence-electron chi connectivity index (χ0n) is 34.7. The second-order valence-electron chi connectivity index (χ2n) is 11.6. The lowest BCUT2D eigenvalue weighted by atomic mass is 10.3. The van der Waals surface area contributed by atoms with Crippen LogP contribution in [0.15, 0.2) is 0 Å². The molecule has 19 heteroatoms. The maximum absolute atomic E-state index is 8.59. The van der Waals surface area contributed by atoms with E-state index in [0.29, 0.717) is 225 Å². The van der Waals surface area contributed by atoms with Gasteiger partial charge in [0, 0.05) is 13.2 Å². The summed E-state index contributed by atoms with van der Waals surface area (Å²) in [6.45, 7) is 17.2. The van der Waals surface area contributed by atoms with Crippen LogP contribution in [0.5, 0.6) is 0 Å². The van der Waals surface area contributed by atoms with Crippen molar-refractivity contribution in [2.24, 2.45) is 0 Å². The molecule has 0 bridgehead atoms. The topological polar surface area (TPSA) is 197 Å². The van der Waals surface area contributed by atoms with Crippen molar-refractivity contribution in [1.29, 1.82) is 0 Å². The average molecular weight is 839 g/mol. The fraction of sp³-hybridized carbons (Fsp3) is 1.00. The van der Waals surface area contributed by atoms with E-state index in [1.807, 2.05) is 0 Å². The standard InChI is InChI=1S/C38H78O19/c39-3-7-43-11-15-47-19-23-51-27-31-55-35-33-53-29-25-49-21-17-45-13-9-41-5-1-2-6-42-10-14-46-18-22-50-26-30-54-34-37-57-38-36-56-32-28-52-24-20-48-16-12-44-8-4-40/h39-40H,1-38H2. The van der Waals surface area contributed by atoms with Crippen LogP contribution in [0.4, 0.5) is 0 Å². The first kappa shape index (κ1) is 56.2. The maximum Gasteiger partial charge on any atom is 0.0701 e. The third-order valence-electron chi connectivity index (χ3n) is 6.88. The van der Waals surface area contributed by atoms with E-state index in [1.54, 1.807) is 0 Å². The van der Waals surface area contributed by atoms with Gasteiger partial charge in [0.05, 0.1) is 225 Å². The Labute approximate surface area is 341 Å². The molecule has 19 nitrogen and oxygen atoms in total. The highest BCUT2D eigenvalue weighted by Gasteiger charge is 1.98. The Morgan fingerprint density at radius 2 is 0.246 bits per heavy atom. The molecule has 0 spiro atoms. The van der Waals surface area contributed by atoms with Crippen LogP contribution in [0.3, 0.4) is 0 Å². The van der Waals surface area contributed by atoms with E-state index >= 15 is 0 Å². The molecule has 344 valence electrons. The molecule has 0 saturated carbocycles. The zero-order valence-corrected chi connectivity index (χ0v) is 34.7. The van der Waals surface area contributed by atoms with Gasteiger partial charge in [0.1, 0.15) is 0 Å². The summed E-state index contributed by atoms with van der Waals surface area (Å²) in [6.07, 6.45) is 1.86. The number of aliphatic hydroxyl groups excluding tert-OH is 2. The van der Waals surface area contributed by atoms with Gasteiger partial charge in [-0.2, -0.15) is 0 Å². The molecule has 0 aromatic carbocycles. The molecule has 0 aliphatic heterocycles. The SMILES string of the molecule is OCCOCCOCCOCCOCCOCCOCCOCCOCCCCOCCOCCOCCOCCOCCOCCOCCOCCOCCO. The van der Waals surface area contributed by atoms with Crippen LogP contribution in [0.25, 0.3) is 0 Å². The molecule has 0 rings (SSSR count). The van der Waals surface area contributed by atoms with E-state index in [2.05, 4.69) is 0 Å². The van der Waals surface area contributed by atoms with Gasteiger partial charge in [0.15, 0.2) is 0 Å². The Bertz CT molecular complexity index is 634. The molecular weight excluding hydrogens is 760 g/mol. The van der Waals surface area contributed by atoms with Gasteiger partial charge in [-0.1, -0.05) is 0 Å². The van der Waals surface area contributed by atoms with Crippen LogP contribution in [0.1, 0.15) is 12.8 Å². The van der Waals surface area contributed by atoms with Crippen LogP contribution in [0.2, 0.25) is 0 Å². The molecule has 0 aliphatic rings. The molecule has 2 N–H and O–H groups in total. The van der Waals surface area contributed by atoms with E-state index < -0.39 is 0 Å². The molecular formula is C38H78O19. The lowest BCUT2D eigenvalue weighted by Gasteiger charge is -2.09. The molecule has 0 unspecified atom stereocenters. The second-order valence-corrected chi connectivity index (χ2v) is 11.6. The minimum Gasteiger partial charge on any atom is -0.394 e. The highest BCUT2D eigenvalue weighted by Crippen LogP contribution is 1.93. The monoisotopic (exact) mass is 839 g/mol. The van der Waals surface area contributed by atoms with Crippen molar-refractivity contribution in [1.82, 2.24) is 0 Å². The predicted molar refractivity (Wildman–Crippen MR) is 207 cm³/mol. The van der Waals surface area contributed by atoms with Gasteiger partial charge in [-0.3, -0.25) is 0 Å². The Balaban J connectivity index is 3.05. The van der Waals surface area contributed by atoms with Crippen LogP contribution in [-0.2, 0) is 80.5 Å². The minimum atomic E-state index is 0.0218. The van der Waals surface area contributed by atoms with Crippen molar-refractivity contribution >= 4 is 0 Å². The summed E-state index contributed by atoms with van der Waals surface area (Å²) in [4.78, 5) is 0. The second kappa shape index (κ2) is 55.2. The number of hydrogen-bond acceptors (Lipinski definition) is 19. The molecule has 0 aliphatic carbocycles. The Kier molecular flexibility index (Phi) is 54.5. The first-order valence-electron chi connectivity index (χ1n) is 20.4. The molecule has 0 aromatic rings. The summed E-state index contributed by atoms with van der Waals surface area (Å²) in [7, 11) is 0.